The van der Waals surface area contributed by atoms with Crippen LogP contribution < -0.4 is 4.74 Å². The van der Waals surface area contributed by atoms with Crippen LogP contribution in [0, 0.1) is 5.82 Å². The Labute approximate surface area is 214 Å². The van der Waals surface area contributed by atoms with E-state index in [0.29, 0.717) is 28.7 Å². The van der Waals surface area contributed by atoms with Crippen molar-refractivity contribution in [3.8, 4) is 16.9 Å². The molecule has 1 fully saturated rings. The molecule has 1 aliphatic carbocycles. The lowest BCUT2D eigenvalue weighted by atomic mass is 9.81. The number of carbonyl (C=O) groups excluding carboxylic acids is 1. The topological polar surface area (TPSA) is 113 Å². The Morgan fingerprint density at radius 3 is 2.66 bits per heavy atom. The summed E-state index contributed by atoms with van der Waals surface area (Å²) in [5.41, 5.74) is 0.772. The molecule has 1 saturated heterocycles. The van der Waals surface area contributed by atoms with Gasteiger partial charge in [0.1, 0.15) is 22.8 Å². The fraction of sp³-hybridized carbons (Fsp3) is 0.280. The number of aromatic nitrogens is 4. The molecule has 6 rings (SSSR count). The van der Waals surface area contributed by atoms with Crippen LogP contribution in [0.4, 0.5) is 13.2 Å². The number of alkyl halides is 2. The van der Waals surface area contributed by atoms with Crippen LogP contribution in [0.3, 0.4) is 0 Å². The Balaban J connectivity index is 1.38. The van der Waals surface area contributed by atoms with E-state index in [-0.39, 0.29) is 42.3 Å². The van der Waals surface area contributed by atoms with E-state index in [1.165, 1.54) is 38.1 Å². The van der Waals surface area contributed by atoms with E-state index in [9.17, 15) is 23.8 Å². The Kier molecular flexibility index (Phi) is 5.93. The first kappa shape index (κ1) is 24.5. The summed E-state index contributed by atoms with van der Waals surface area (Å²) in [6, 6.07) is 7.58. The van der Waals surface area contributed by atoms with Crippen molar-refractivity contribution < 1.29 is 32.9 Å². The number of para-hydroxylation sites is 1. The number of imidazole rings is 1. The molecule has 1 aromatic carbocycles. The quantitative estimate of drug-likeness (QED) is 0.281. The number of nitrogens with zero attached hydrogens (tertiary/aromatic N) is 5. The zero-order valence-electron chi connectivity index (χ0n) is 19.7. The second-order valence-electron chi connectivity index (χ2n) is 9.38. The van der Waals surface area contributed by atoms with Gasteiger partial charge in [-0.2, -0.15) is 8.78 Å². The number of aliphatic hydroxyl groups is 2. The van der Waals surface area contributed by atoms with Gasteiger partial charge >= 0.3 is 6.61 Å². The SMILES string of the molecule is O=C[B]N1CC(O)(c2ncc(-c3cn4c5c(nc4cc3F)[C@H](O)C[C@@H]5c3ccccc3OC(F)F)cn2)C1. The molecule has 0 bridgehead atoms. The Morgan fingerprint density at radius 1 is 1.21 bits per heavy atom. The smallest absolute Gasteiger partial charge is 0.387 e. The van der Waals surface area contributed by atoms with Gasteiger partial charge in [0.2, 0.25) is 0 Å². The van der Waals surface area contributed by atoms with Crippen molar-refractivity contribution in [2.75, 3.05) is 13.1 Å². The molecule has 2 N–H and O–H groups in total. The molecule has 0 saturated carbocycles. The van der Waals surface area contributed by atoms with Gasteiger partial charge in [-0.1, -0.05) is 18.2 Å². The largest absolute Gasteiger partial charge is 0.435 e. The zero-order valence-corrected chi connectivity index (χ0v) is 19.7. The van der Waals surface area contributed by atoms with Crippen LogP contribution in [0.25, 0.3) is 16.8 Å². The molecule has 9 nitrogen and oxygen atoms in total. The molecule has 1 aliphatic heterocycles. The minimum Gasteiger partial charge on any atom is -0.435 e. The average Bonchev–Trinajstić information content (AvgIpc) is 3.39. The number of pyridine rings is 1. The van der Waals surface area contributed by atoms with Crippen LogP contribution in [0.2, 0.25) is 0 Å². The molecule has 4 heterocycles. The number of aliphatic hydroxyl groups excluding tert-OH is 1. The Morgan fingerprint density at radius 2 is 1.95 bits per heavy atom. The number of carbonyl (C=O) groups is 1. The third kappa shape index (κ3) is 4.03. The van der Waals surface area contributed by atoms with Crippen molar-refractivity contribution >= 4 is 19.2 Å². The van der Waals surface area contributed by atoms with Gasteiger partial charge in [-0.25, -0.2) is 19.3 Å². The average molecular weight is 522 g/mol. The first-order chi connectivity index (χ1) is 18.3. The molecule has 1 radical (unpaired) electrons. The highest BCUT2D eigenvalue weighted by Gasteiger charge is 2.45. The number of benzene rings is 1. The molecular formula is C25H20BF3N5O4. The van der Waals surface area contributed by atoms with Crippen LogP contribution in [-0.2, 0) is 10.4 Å². The van der Waals surface area contributed by atoms with Crippen molar-refractivity contribution in [1.82, 2.24) is 24.2 Å². The number of hydrogen-bond acceptors (Lipinski definition) is 8. The highest BCUT2D eigenvalue weighted by molar-refractivity contribution is 6.64. The summed E-state index contributed by atoms with van der Waals surface area (Å²) in [4.78, 5) is 25.1. The number of fused-ring (bicyclic) bond motifs is 3. The Bertz CT molecular complexity index is 1530. The highest BCUT2D eigenvalue weighted by Crippen LogP contribution is 2.47. The van der Waals surface area contributed by atoms with Gasteiger partial charge in [0.05, 0.1) is 23.7 Å². The van der Waals surface area contributed by atoms with Crippen LogP contribution in [0.15, 0.2) is 48.9 Å². The summed E-state index contributed by atoms with van der Waals surface area (Å²) in [6.07, 6.45) is 4.16. The Hall–Kier alpha value is -3.81. The van der Waals surface area contributed by atoms with Gasteiger partial charge in [-0.3, -0.25) is 0 Å². The molecule has 0 spiro atoms. The summed E-state index contributed by atoms with van der Waals surface area (Å²) in [7, 11) is 1.32. The molecule has 2 aliphatic rings. The maximum atomic E-state index is 15.2. The number of halogens is 3. The highest BCUT2D eigenvalue weighted by atomic mass is 19.3. The molecule has 2 atom stereocenters. The molecule has 13 heteroatoms. The summed E-state index contributed by atoms with van der Waals surface area (Å²) in [6.45, 7) is -2.70. The minimum absolute atomic E-state index is 0.00735. The van der Waals surface area contributed by atoms with E-state index in [1.807, 2.05) is 0 Å². The van der Waals surface area contributed by atoms with E-state index >= 15 is 4.39 Å². The standard InChI is InChI=1S/C25H20BF3N5O4/c27-17-6-20-32-21-18(36)5-15(14-3-1-2-4-19(14)38-24(28)29)22(21)34(20)9-16(17)13-7-30-23(31-8-13)25(37)10-33(11-25)26-12-35/h1-4,6-9,12,15,18,24,36-37H,5,10-11H2/t15-,18-/m1/s1. The van der Waals surface area contributed by atoms with Crippen molar-refractivity contribution in [3.05, 3.63) is 77.5 Å². The van der Waals surface area contributed by atoms with Gasteiger partial charge in [0.15, 0.2) is 5.82 Å². The molecule has 4 aromatic rings. The van der Waals surface area contributed by atoms with E-state index in [2.05, 4.69) is 15.0 Å². The first-order valence-corrected chi connectivity index (χ1v) is 11.8. The van der Waals surface area contributed by atoms with Crippen molar-refractivity contribution in [2.24, 2.45) is 0 Å². The number of ether oxygens (including phenoxy) is 1. The normalized spacial score (nSPS) is 20.4. The van der Waals surface area contributed by atoms with Crippen molar-refractivity contribution in [1.29, 1.82) is 0 Å². The number of β-amino-alcohol motifs (C(OH)–C–C–N with tert-alkyl or cyclic N) is 1. The van der Waals surface area contributed by atoms with Crippen LogP contribution >= 0.6 is 0 Å². The van der Waals surface area contributed by atoms with Gasteiger partial charge < -0.3 is 29.0 Å². The van der Waals surface area contributed by atoms with Crippen molar-refractivity contribution in [2.45, 2.75) is 30.7 Å². The summed E-state index contributed by atoms with van der Waals surface area (Å²) < 4.78 is 47.6. The van der Waals surface area contributed by atoms with Gasteiger partial charge in [0, 0.05) is 60.4 Å². The second kappa shape index (κ2) is 9.19. The van der Waals surface area contributed by atoms with Gasteiger partial charge in [-0.05, 0) is 12.5 Å². The second-order valence-corrected chi connectivity index (χ2v) is 9.38. The number of hydrogen-bond donors (Lipinski definition) is 2. The lowest BCUT2D eigenvalue weighted by molar-refractivity contribution is -0.0726. The first-order valence-electron chi connectivity index (χ1n) is 11.8. The van der Waals surface area contributed by atoms with E-state index in [4.69, 9.17) is 4.74 Å². The summed E-state index contributed by atoms with van der Waals surface area (Å²) in [5.74, 6) is -0.979. The summed E-state index contributed by atoms with van der Waals surface area (Å²) >= 11 is 0. The van der Waals surface area contributed by atoms with E-state index < -0.39 is 30.1 Å². The van der Waals surface area contributed by atoms with Crippen LogP contribution in [0.5, 0.6) is 5.75 Å². The minimum atomic E-state index is -3.02. The summed E-state index contributed by atoms with van der Waals surface area (Å²) in [5, 5.41) is 21.4. The molecule has 38 heavy (non-hydrogen) atoms. The van der Waals surface area contributed by atoms with Gasteiger partial charge in [0.25, 0.3) is 7.41 Å². The van der Waals surface area contributed by atoms with Crippen molar-refractivity contribution in [3.63, 3.8) is 0 Å². The molecular weight excluding hydrogens is 502 g/mol. The molecule has 3 aromatic heterocycles. The van der Waals surface area contributed by atoms with Crippen LogP contribution in [0.1, 0.15) is 41.2 Å². The maximum absolute atomic E-state index is 15.2. The third-order valence-electron chi connectivity index (χ3n) is 6.97. The maximum Gasteiger partial charge on any atom is 0.387 e. The number of rotatable bonds is 7. The molecule has 0 unspecified atom stereocenters. The van der Waals surface area contributed by atoms with Gasteiger partial charge in [-0.15, -0.1) is 0 Å². The molecule has 193 valence electrons. The lowest BCUT2D eigenvalue weighted by Crippen LogP contribution is -2.61. The lowest BCUT2D eigenvalue weighted by Gasteiger charge is -2.44. The monoisotopic (exact) mass is 522 g/mol. The van der Waals surface area contributed by atoms with E-state index in [0.717, 1.165) is 0 Å². The predicted octanol–water partition coefficient (Wildman–Crippen LogP) is 2.41. The predicted molar refractivity (Wildman–Crippen MR) is 129 cm³/mol. The fourth-order valence-corrected chi connectivity index (χ4v) is 5.26. The molecule has 0 amide bonds. The zero-order chi connectivity index (χ0) is 26.6. The third-order valence-corrected chi connectivity index (χ3v) is 6.97. The fourth-order valence-electron chi connectivity index (χ4n) is 5.26. The van der Waals surface area contributed by atoms with E-state index in [1.54, 1.807) is 27.4 Å². The van der Waals surface area contributed by atoms with Crippen LogP contribution in [-0.4, -0.2) is 67.7 Å².